The molecule has 0 unspecified atom stereocenters. The van der Waals surface area contributed by atoms with E-state index in [9.17, 15) is 0 Å². The third-order valence-electron chi connectivity index (χ3n) is 1.66. The van der Waals surface area contributed by atoms with Crippen LogP contribution in [0.25, 0.3) is 0 Å². The first-order valence-electron chi connectivity index (χ1n) is 3.36. The monoisotopic (exact) mass is 114 g/mol. The number of nitrogens with one attached hydrogen (secondary N) is 1. The molecule has 1 heterocycles. The highest BCUT2D eigenvalue weighted by Gasteiger charge is 2.14. The molecule has 0 aromatic rings. The number of piperazine rings is 1. The summed E-state index contributed by atoms with van der Waals surface area (Å²) < 4.78 is 0. The third-order valence-corrected chi connectivity index (χ3v) is 1.66. The van der Waals surface area contributed by atoms with Gasteiger partial charge in [0.25, 0.3) is 0 Å². The molecule has 0 amide bonds. The van der Waals surface area contributed by atoms with Gasteiger partial charge in [0.1, 0.15) is 19.6 Å². The predicted molar refractivity (Wildman–Crippen MR) is 35.3 cm³/mol. The van der Waals surface area contributed by atoms with Crippen molar-refractivity contribution >= 4 is 0 Å². The summed E-state index contributed by atoms with van der Waals surface area (Å²) in [5, 5.41) is 3.31. The molecule has 8 heavy (non-hydrogen) atoms. The Balaban J connectivity index is 2.13. The summed E-state index contributed by atoms with van der Waals surface area (Å²) in [5.74, 6) is 0. The summed E-state index contributed by atoms with van der Waals surface area (Å²) in [6, 6.07) is 0. The minimum absolute atomic E-state index is 1.17. The van der Waals surface area contributed by atoms with Gasteiger partial charge in [0, 0.05) is 13.1 Å². The Morgan fingerprint density at radius 3 is 2.38 bits per heavy atom. The largest absolute Gasteiger partial charge is 0.306 e. The van der Waals surface area contributed by atoms with Gasteiger partial charge in [-0.1, -0.05) is 0 Å². The Labute approximate surface area is 50.9 Å². The molecule has 47 valence electrons. The SMILES string of the molecule is CC[N+]1CCNCC1. The van der Waals surface area contributed by atoms with Crippen molar-refractivity contribution in [3.05, 3.63) is 0 Å². The van der Waals surface area contributed by atoms with E-state index in [4.69, 9.17) is 0 Å². The van der Waals surface area contributed by atoms with Gasteiger partial charge in [-0.3, -0.25) is 0 Å². The van der Waals surface area contributed by atoms with Crippen LogP contribution in [-0.4, -0.2) is 32.7 Å². The molecule has 2 nitrogen and oxygen atoms in total. The summed E-state index contributed by atoms with van der Waals surface area (Å²) in [6.45, 7) is 8.24. The second-order valence-electron chi connectivity index (χ2n) is 2.18. The molecule has 0 atom stereocenters. The smallest absolute Gasteiger partial charge is 0.135 e. The van der Waals surface area contributed by atoms with E-state index in [1.165, 1.54) is 32.7 Å². The van der Waals surface area contributed by atoms with E-state index in [2.05, 4.69) is 17.1 Å². The lowest BCUT2D eigenvalue weighted by Gasteiger charge is -2.15. The van der Waals surface area contributed by atoms with Gasteiger partial charge in [0.2, 0.25) is 0 Å². The van der Waals surface area contributed by atoms with E-state index in [-0.39, 0.29) is 0 Å². The van der Waals surface area contributed by atoms with Gasteiger partial charge in [-0.2, -0.15) is 4.90 Å². The summed E-state index contributed by atoms with van der Waals surface area (Å²) in [5.41, 5.74) is 0. The average molecular weight is 114 g/mol. The first-order chi connectivity index (χ1) is 3.93. The highest BCUT2D eigenvalue weighted by Crippen LogP contribution is 1.84. The molecule has 0 aromatic carbocycles. The second kappa shape index (κ2) is 3.05. The third kappa shape index (κ3) is 1.46. The van der Waals surface area contributed by atoms with Crippen LogP contribution < -0.4 is 10.2 Å². The lowest BCUT2D eigenvalue weighted by Crippen LogP contribution is -2.47. The minimum Gasteiger partial charge on any atom is -0.306 e. The van der Waals surface area contributed by atoms with Crippen LogP contribution in [0.1, 0.15) is 6.92 Å². The van der Waals surface area contributed by atoms with Crippen LogP contribution in [0.2, 0.25) is 0 Å². The zero-order valence-corrected chi connectivity index (χ0v) is 5.48. The van der Waals surface area contributed by atoms with Crippen molar-refractivity contribution in [1.29, 1.82) is 0 Å². The number of hydrogen-bond donors (Lipinski definition) is 1. The van der Waals surface area contributed by atoms with Crippen LogP contribution in [0.4, 0.5) is 0 Å². The van der Waals surface area contributed by atoms with Crippen LogP contribution in [-0.2, 0) is 0 Å². The van der Waals surface area contributed by atoms with E-state index in [0.717, 1.165) is 0 Å². The molecule has 1 N–H and O–H groups in total. The molecule has 1 rings (SSSR count). The van der Waals surface area contributed by atoms with Crippen LogP contribution in [0.5, 0.6) is 0 Å². The molecule has 1 saturated heterocycles. The highest BCUT2D eigenvalue weighted by molar-refractivity contribution is 4.70. The van der Waals surface area contributed by atoms with Crippen molar-refractivity contribution in [3.63, 3.8) is 0 Å². The molecule has 1 aliphatic rings. The molecule has 0 aromatic heterocycles. The maximum absolute atomic E-state index is 3.31. The first kappa shape index (κ1) is 6.05. The topological polar surface area (TPSA) is 17.9 Å². The van der Waals surface area contributed by atoms with Gasteiger partial charge >= 0.3 is 0 Å². The first-order valence-corrected chi connectivity index (χ1v) is 3.36. The van der Waals surface area contributed by atoms with Crippen molar-refractivity contribution in [1.82, 2.24) is 10.2 Å². The molecule has 0 aliphatic carbocycles. The van der Waals surface area contributed by atoms with Crippen LogP contribution in [0.15, 0.2) is 0 Å². The van der Waals surface area contributed by atoms with Crippen molar-refractivity contribution in [2.24, 2.45) is 0 Å². The van der Waals surface area contributed by atoms with Gasteiger partial charge in [-0.25, -0.2) is 0 Å². The van der Waals surface area contributed by atoms with Crippen molar-refractivity contribution in [3.8, 4) is 0 Å². The van der Waals surface area contributed by atoms with E-state index in [0.29, 0.717) is 0 Å². The fraction of sp³-hybridized carbons (Fsp3) is 1.00. The molecule has 1 aliphatic heterocycles. The molecule has 1 fully saturated rings. The summed E-state index contributed by atoms with van der Waals surface area (Å²) >= 11 is 0. The van der Waals surface area contributed by atoms with Crippen LogP contribution in [0, 0.1) is 0 Å². The molecule has 0 bridgehead atoms. The van der Waals surface area contributed by atoms with Crippen molar-refractivity contribution in [2.75, 3.05) is 32.7 Å². The van der Waals surface area contributed by atoms with E-state index < -0.39 is 0 Å². The number of likely N-dealkylation sites (N-methyl/N-ethyl adjacent to an activating group) is 1. The molecule has 0 saturated carbocycles. The Bertz CT molecular complexity index is 57.5. The zero-order chi connectivity index (χ0) is 5.82. The fourth-order valence-corrected chi connectivity index (χ4v) is 1.03. The van der Waals surface area contributed by atoms with Gasteiger partial charge in [-0.05, 0) is 6.92 Å². The van der Waals surface area contributed by atoms with Crippen LogP contribution >= 0.6 is 0 Å². The zero-order valence-electron chi connectivity index (χ0n) is 5.48. The summed E-state index contributed by atoms with van der Waals surface area (Å²) in [4.78, 5) is 2.45. The fourth-order valence-electron chi connectivity index (χ4n) is 1.03. The normalized spacial score (nSPS) is 23.6. The van der Waals surface area contributed by atoms with E-state index in [1.807, 2.05) is 0 Å². The Kier molecular flexibility index (Phi) is 2.30. The highest BCUT2D eigenvalue weighted by atomic mass is 15.2. The number of nitrogens with zero attached hydrogens (tertiary/aromatic N) is 1. The quantitative estimate of drug-likeness (QED) is 0.465. The lowest BCUT2D eigenvalue weighted by molar-refractivity contribution is 0.368. The standard InChI is InChI=1S/C6H14N2/c1-2-8-5-3-7-4-6-8/h7H,2-6H2,1H3/q+1. The molecular formula is C6H14N2+. The summed E-state index contributed by atoms with van der Waals surface area (Å²) in [6.07, 6.45) is 0. The molecule has 1 radical (unpaired) electrons. The maximum atomic E-state index is 3.31. The average Bonchev–Trinajstić information content (AvgIpc) is 1.90. The second-order valence-corrected chi connectivity index (χ2v) is 2.18. The van der Waals surface area contributed by atoms with Crippen molar-refractivity contribution in [2.45, 2.75) is 6.92 Å². The maximum Gasteiger partial charge on any atom is 0.135 e. The predicted octanol–water partition coefficient (Wildman–Crippen LogP) is -0.250. The van der Waals surface area contributed by atoms with E-state index in [1.54, 1.807) is 0 Å². The Morgan fingerprint density at radius 2 is 2.00 bits per heavy atom. The van der Waals surface area contributed by atoms with Gasteiger partial charge in [0.05, 0.1) is 0 Å². The van der Waals surface area contributed by atoms with Gasteiger partial charge in [0.15, 0.2) is 0 Å². The Morgan fingerprint density at radius 1 is 1.38 bits per heavy atom. The lowest BCUT2D eigenvalue weighted by atomic mass is 10.4. The minimum atomic E-state index is 1.17. The summed E-state index contributed by atoms with van der Waals surface area (Å²) in [7, 11) is 0. The van der Waals surface area contributed by atoms with Gasteiger partial charge < -0.3 is 5.32 Å². The van der Waals surface area contributed by atoms with Gasteiger partial charge in [-0.15, -0.1) is 0 Å². The van der Waals surface area contributed by atoms with E-state index >= 15 is 0 Å². The Hall–Kier alpha value is -0.0800. The molecular weight excluding hydrogens is 100 g/mol. The molecule has 2 heteroatoms. The van der Waals surface area contributed by atoms with Crippen LogP contribution in [0.3, 0.4) is 0 Å². The molecule has 0 spiro atoms. The van der Waals surface area contributed by atoms with Crippen molar-refractivity contribution < 1.29 is 0 Å². The number of rotatable bonds is 1. The number of hydrogen-bond acceptors (Lipinski definition) is 2.